The van der Waals surface area contributed by atoms with E-state index in [0.717, 1.165) is 22.3 Å². The molecule has 0 spiro atoms. The van der Waals surface area contributed by atoms with Crippen LogP contribution in [-0.4, -0.2) is 24.0 Å². The van der Waals surface area contributed by atoms with Gasteiger partial charge in [-0.1, -0.05) is 72.8 Å². The lowest BCUT2D eigenvalue weighted by molar-refractivity contribution is -0.117. The average molecular weight is 496 g/mol. The van der Waals surface area contributed by atoms with Gasteiger partial charge in [0.2, 0.25) is 5.91 Å². The van der Waals surface area contributed by atoms with E-state index in [1.165, 1.54) is 0 Å². The number of halogens is 2. The highest BCUT2D eigenvalue weighted by Gasteiger charge is 2.27. The number of anilines is 1. The van der Waals surface area contributed by atoms with Crippen molar-refractivity contribution in [2.24, 2.45) is 5.73 Å². The summed E-state index contributed by atoms with van der Waals surface area (Å²) in [5.41, 5.74) is 11.1. The van der Waals surface area contributed by atoms with Crippen molar-refractivity contribution in [2.75, 3.05) is 12.4 Å². The van der Waals surface area contributed by atoms with Crippen molar-refractivity contribution in [1.82, 2.24) is 4.98 Å². The number of nitrogens with two attached hydrogens (primary N) is 1. The van der Waals surface area contributed by atoms with Crippen LogP contribution in [0.3, 0.4) is 0 Å². The summed E-state index contributed by atoms with van der Waals surface area (Å²) in [7, 11) is 1.62. The predicted molar refractivity (Wildman–Crippen MR) is 142 cm³/mol. The monoisotopic (exact) mass is 495 g/mol. The second-order valence-corrected chi connectivity index (χ2v) is 7.47. The quantitative estimate of drug-likeness (QED) is 0.344. The molecule has 0 aliphatic heterocycles. The van der Waals surface area contributed by atoms with Crippen LogP contribution in [0.1, 0.15) is 17.0 Å². The number of carbonyl (C=O) groups excluding carboxylic acids is 1. The maximum atomic E-state index is 13.1. The number of aromatic nitrogens is 1. The second-order valence-electron chi connectivity index (χ2n) is 7.47. The van der Waals surface area contributed by atoms with Gasteiger partial charge in [0.15, 0.2) is 0 Å². The first-order chi connectivity index (χ1) is 15.7. The van der Waals surface area contributed by atoms with Crippen molar-refractivity contribution in [3.8, 4) is 16.9 Å². The van der Waals surface area contributed by atoms with Gasteiger partial charge in [0.05, 0.1) is 19.3 Å². The van der Waals surface area contributed by atoms with Crippen LogP contribution in [0.4, 0.5) is 5.69 Å². The van der Waals surface area contributed by atoms with Crippen LogP contribution in [0.5, 0.6) is 5.75 Å². The molecule has 0 saturated heterocycles. The highest BCUT2D eigenvalue weighted by Crippen LogP contribution is 2.30. The fraction of sp³-hybridized carbons (Fsp3) is 0.111. The molecule has 4 aromatic rings. The maximum Gasteiger partial charge on any atom is 0.242 e. The number of rotatable bonds is 7. The summed E-state index contributed by atoms with van der Waals surface area (Å²) < 4.78 is 5.39. The molecule has 0 aliphatic carbocycles. The Bertz CT molecular complexity index is 1130. The minimum absolute atomic E-state index is 0. The molecule has 176 valence electrons. The molecular formula is C27H27Cl2N3O2. The highest BCUT2D eigenvalue weighted by molar-refractivity contribution is 5.96. The van der Waals surface area contributed by atoms with Crippen LogP contribution in [0.25, 0.3) is 11.1 Å². The summed E-state index contributed by atoms with van der Waals surface area (Å²) in [6, 6.07) is 28.5. The van der Waals surface area contributed by atoms with E-state index in [9.17, 15) is 4.79 Å². The zero-order valence-electron chi connectivity index (χ0n) is 18.6. The van der Waals surface area contributed by atoms with Crippen LogP contribution in [-0.2, 0) is 4.79 Å². The highest BCUT2D eigenvalue weighted by atomic mass is 35.5. The van der Waals surface area contributed by atoms with Gasteiger partial charge in [-0.25, -0.2) is 0 Å². The van der Waals surface area contributed by atoms with Crippen molar-refractivity contribution < 1.29 is 9.53 Å². The summed E-state index contributed by atoms with van der Waals surface area (Å²) in [5.74, 6) is 0.203. The van der Waals surface area contributed by atoms with E-state index in [4.69, 9.17) is 10.5 Å². The molecule has 3 N–H and O–H groups in total. The van der Waals surface area contributed by atoms with Crippen molar-refractivity contribution in [3.05, 3.63) is 115 Å². The van der Waals surface area contributed by atoms with Crippen LogP contribution in [0.15, 0.2) is 103 Å². The summed E-state index contributed by atoms with van der Waals surface area (Å²) in [4.78, 5) is 17.2. The van der Waals surface area contributed by atoms with E-state index in [2.05, 4.69) is 10.3 Å². The lowest BCUT2D eigenvalue weighted by atomic mass is 9.85. The van der Waals surface area contributed by atoms with E-state index < -0.39 is 6.04 Å². The lowest BCUT2D eigenvalue weighted by Gasteiger charge is -2.24. The molecule has 0 saturated carbocycles. The van der Waals surface area contributed by atoms with E-state index in [1.807, 2.05) is 91.0 Å². The minimum Gasteiger partial charge on any atom is -0.494 e. The Balaban J connectivity index is 0.00000204. The summed E-state index contributed by atoms with van der Waals surface area (Å²) in [6.45, 7) is 0. The number of nitrogens with zero attached hydrogens (tertiary/aromatic N) is 1. The molecule has 1 atom stereocenters. The Morgan fingerprint density at radius 2 is 1.41 bits per heavy atom. The Labute approximate surface area is 212 Å². The SMILES string of the molecule is COc1cnccc1-c1ccc(NC(=O)C(N)C(c2ccccc2)c2ccccc2)cc1.Cl.Cl. The average Bonchev–Trinajstić information content (AvgIpc) is 2.86. The number of methoxy groups -OCH3 is 1. The summed E-state index contributed by atoms with van der Waals surface area (Å²) in [6.07, 6.45) is 3.40. The number of hydrogen-bond donors (Lipinski definition) is 2. The molecular weight excluding hydrogens is 469 g/mol. The molecule has 4 rings (SSSR count). The summed E-state index contributed by atoms with van der Waals surface area (Å²) in [5, 5.41) is 2.96. The molecule has 0 radical (unpaired) electrons. The summed E-state index contributed by atoms with van der Waals surface area (Å²) >= 11 is 0. The minimum atomic E-state index is -0.750. The van der Waals surface area contributed by atoms with Gasteiger partial charge in [0.1, 0.15) is 5.75 Å². The van der Waals surface area contributed by atoms with Gasteiger partial charge in [-0.3, -0.25) is 9.78 Å². The fourth-order valence-corrected chi connectivity index (χ4v) is 3.82. The molecule has 5 nitrogen and oxygen atoms in total. The largest absolute Gasteiger partial charge is 0.494 e. The second kappa shape index (κ2) is 12.8. The molecule has 1 aromatic heterocycles. The van der Waals surface area contributed by atoms with Crippen molar-refractivity contribution in [3.63, 3.8) is 0 Å². The zero-order valence-corrected chi connectivity index (χ0v) is 20.3. The molecule has 7 heteroatoms. The Hall–Kier alpha value is -3.38. The van der Waals surface area contributed by atoms with Crippen molar-refractivity contribution in [1.29, 1.82) is 0 Å². The van der Waals surface area contributed by atoms with Crippen LogP contribution in [0, 0.1) is 0 Å². The molecule has 1 unspecified atom stereocenters. The number of carbonyl (C=O) groups is 1. The normalized spacial score (nSPS) is 11.0. The number of pyridine rings is 1. The van der Waals surface area contributed by atoms with Crippen LogP contribution >= 0.6 is 24.8 Å². The van der Waals surface area contributed by atoms with Crippen molar-refractivity contribution >= 4 is 36.4 Å². The first kappa shape index (κ1) is 26.9. The molecule has 1 heterocycles. The van der Waals surface area contributed by atoms with Crippen LogP contribution in [0.2, 0.25) is 0 Å². The molecule has 0 aliphatic rings. The third-order valence-electron chi connectivity index (χ3n) is 5.45. The third-order valence-corrected chi connectivity index (χ3v) is 5.45. The van der Waals surface area contributed by atoms with E-state index in [0.29, 0.717) is 11.4 Å². The number of amides is 1. The van der Waals surface area contributed by atoms with Gasteiger partial charge < -0.3 is 15.8 Å². The van der Waals surface area contributed by atoms with E-state index in [-0.39, 0.29) is 36.6 Å². The maximum absolute atomic E-state index is 13.1. The van der Waals surface area contributed by atoms with E-state index in [1.54, 1.807) is 19.5 Å². The standard InChI is InChI=1S/C27H25N3O2.2ClH/c1-32-24-18-29-17-16-23(24)19-12-14-22(15-13-19)30-27(31)26(28)25(20-8-4-2-5-9-20)21-10-6-3-7-11-21;;/h2-18,25-26H,28H2,1H3,(H,30,31);2*1H. The number of ether oxygens (including phenoxy) is 1. The first-order valence-electron chi connectivity index (χ1n) is 10.4. The molecule has 0 fully saturated rings. The lowest BCUT2D eigenvalue weighted by Crippen LogP contribution is -2.41. The molecule has 0 bridgehead atoms. The van der Waals surface area contributed by atoms with Gasteiger partial charge in [-0.2, -0.15) is 0 Å². The van der Waals surface area contributed by atoms with Gasteiger partial charge in [-0.15, -0.1) is 24.8 Å². The number of hydrogen-bond acceptors (Lipinski definition) is 4. The third kappa shape index (κ3) is 6.14. The van der Waals surface area contributed by atoms with Crippen molar-refractivity contribution in [2.45, 2.75) is 12.0 Å². The van der Waals surface area contributed by atoms with Gasteiger partial charge in [-0.05, 0) is 34.9 Å². The van der Waals surface area contributed by atoms with E-state index >= 15 is 0 Å². The topological polar surface area (TPSA) is 77.2 Å². The molecule has 3 aromatic carbocycles. The predicted octanol–water partition coefficient (Wildman–Crippen LogP) is 5.70. The first-order valence-corrected chi connectivity index (χ1v) is 10.4. The number of nitrogens with one attached hydrogen (secondary N) is 1. The van der Waals surface area contributed by atoms with Crippen LogP contribution < -0.4 is 15.8 Å². The van der Waals surface area contributed by atoms with Gasteiger partial charge in [0, 0.05) is 23.4 Å². The molecule has 34 heavy (non-hydrogen) atoms. The zero-order chi connectivity index (χ0) is 22.3. The fourth-order valence-electron chi connectivity index (χ4n) is 3.82. The van der Waals surface area contributed by atoms with Gasteiger partial charge >= 0.3 is 0 Å². The smallest absolute Gasteiger partial charge is 0.242 e. The molecule has 1 amide bonds. The Morgan fingerprint density at radius 1 is 0.853 bits per heavy atom. The Morgan fingerprint density at radius 3 is 1.94 bits per heavy atom. The van der Waals surface area contributed by atoms with Gasteiger partial charge in [0.25, 0.3) is 0 Å². The Kier molecular flexibility index (Phi) is 10.1. The number of benzene rings is 3.